The summed E-state index contributed by atoms with van der Waals surface area (Å²) in [4.78, 5) is 35.1. The molecule has 2 fully saturated rings. The zero-order valence-electron chi connectivity index (χ0n) is 9.36. The number of amides is 3. The highest BCUT2D eigenvalue weighted by molar-refractivity contribution is 6.08. The van der Waals surface area contributed by atoms with Gasteiger partial charge in [0, 0.05) is 0 Å². The van der Waals surface area contributed by atoms with Crippen LogP contribution in [0, 0.1) is 5.92 Å². The van der Waals surface area contributed by atoms with Crippen molar-refractivity contribution in [3.63, 3.8) is 0 Å². The Labute approximate surface area is 94.2 Å². The number of hydrogen-bond acceptors (Lipinski definition) is 3. The maximum atomic E-state index is 12.1. The van der Waals surface area contributed by atoms with Crippen molar-refractivity contribution in [2.24, 2.45) is 5.92 Å². The molecule has 1 saturated heterocycles. The van der Waals surface area contributed by atoms with Crippen molar-refractivity contribution in [3.05, 3.63) is 0 Å². The molecule has 0 aromatic heterocycles. The topological polar surface area (TPSA) is 66.5 Å². The van der Waals surface area contributed by atoms with Gasteiger partial charge in [-0.3, -0.25) is 9.69 Å². The highest BCUT2D eigenvalue weighted by Crippen LogP contribution is 2.35. The lowest BCUT2D eigenvalue weighted by atomic mass is 9.77. The zero-order chi connectivity index (χ0) is 11.8. The first-order chi connectivity index (χ1) is 7.59. The normalized spacial score (nSPS) is 34.3. The van der Waals surface area contributed by atoms with Crippen LogP contribution < -0.4 is 5.32 Å². The van der Waals surface area contributed by atoms with Crippen LogP contribution in [0.3, 0.4) is 0 Å². The number of nitrogens with zero attached hydrogens (tertiary/aromatic N) is 1. The number of urea groups is 1. The lowest BCUT2D eigenvalue weighted by Crippen LogP contribution is -2.49. The van der Waals surface area contributed by atoms with Gasteiger partial charge in [-0.05, 0) is 31.6 Å². The molecular weight excluding hydrogens is 208 g/mol. The highest BCUT2D eigenvalue weighted by Gasteiger charge is 2.51. The van der Waals surface area contributed by atoms with Crippen molar-refractivity contribution >= 4 is 18.2 Å². The molecule has 0 aromatic rings. The Morgan fingerprint density at radius 3 is 2.62 bits per heavy atom. The molecule has 1 saturated carbocycles. The highest BCUT2D eigenvalue weighted by atomic mass is 16.2. The zero-order valence-corrected chi connectivity index (χ0v) is 9.36. The smallest absolute Gasteiger partial charge is 0.323 e. The summed E-state index contributed by atoms with van der Waals surface area (Å²) in [6.45, 7) is 2.01. The van der Waals surface area contributed by atoms with E-state index in [9.17, 15) is 14.4 Å². The van der Waals surface area contributed by atoms with E-state index in [1.54, 1.807) is 0 Å². The molecule has 0 aromatic carbocycles. The van der Waals surface area contributed by atoms with E-state index in [2.05, 4.69) is 12.2 Å². The molecule has 0 atom stereocenters. The summed E-state index contributed by atoms with van der Waals surface area (Å²) in [6, 6.07) is -0.424. The molecule has 1 aliphatic carbocycles. The van der Waals surface area contributed by atoms with Crippen LogP contribution in [0.1, 0.15) is 32.6 Å². The molecule has 1 spiro atoms. The minimum Gasteiger partial charge on any atom is -0.323 e. The van der Waals surface area contributed by atoms with Gasteiger partial charge in [0.2, 0.25) is 0 Å². The number of carbonyl (C=O) groups excluding carboxylic acids is 3. The molecule has 0 radical (unpaired) electrons. The molecule has 0 unspecified atom stereocenters. The van der Waals surface area contributed by atoms with Gasteiger partial charge in [-0.2, -0.15) is 0 Å². The third-order valence-electron chi connectivity index (χ3n) is 3.63. The van der Waals surface area contributed by atoms with E-state index in [4.69, 9.17) is 0 Å². The van der Waals surface area contributed by atoms with Crippen LogP contribution in [0.25, 0.3) is 0 Å². The van der Waals surface area contributed by atoms with Gasteiger partial charge in [0.15, 0.2) is 0 Å². The van der Waals surface area contributed by atoms with E-state index in [1.165, 1.54) is 0 Å². The van der Waals surface area contributed by atoms with Gasteiger partial charge in [-0.25, -0.2) is 4.79 Å². The molecular formula is C11H16N2O3. The van der Waals surface area contributed by atoms with E-state index >= 15 is 0 Å². The first kappa shape index (κ1) is 11.1. The first-order valence-electron chi connectivity index (χ1n) is 5.67. The van der Waals surface area contributed by atoms with E-state index in [1.807, 2.05) is 0 Å². The maximum Gasteiger partial charge on any atom is 0.325 e. The average Bonchev–Trinajstić information content (AvgIpc) is 2.49. The molecule has 5 heteroatoms. The molecule has 1 N–H and O–H groups in total. The lowest BCUT2D eigenvalue weighted by Gasteiger charge is -2.33. The third kappa shape index (κ3) is 1.60. The lowest BCUT2D eigenvalue weighted by molar-refractivity contribution is -0.133. The number of imide groups is 1. The Hall–Kier alpha value is -1.39. The largest absolute Gasteiger partial charge is 0.325 e. The number of rotatable bonds is 2. The molecule has 3 amide bonds. The molecule has 1 heterocycles. The van der Waals surface area contributed by atoms with Crippen LogP contribution in [-0.4, -0.2) is 35.2 Å². The van der Waals surface area contributed by atoms with Crippen molar-refractivity contribution in [3.8, 4) is 0 Å². The number of nitrogens with one attached hydrogen (secondary N) is 1. The minimum absolute atomic E-state index is 0.137. The van der Waals surface area contributed by atoms with Gasteiger partial charge in [0.1, 0.15) is 11.8 Å². The maximum absolute atomic E-state index is 12.1. The predicted octanol–water partition coefficient (Wildman–Crippen LogP) is 0.686. The van der Waals surface area contributed by atoms with Crippen LogP contribution in [0.5, 0.6) is 0 Å². The molecule has 2 aliphatic rings. The van der Waals surface area contributed by atoms with Crippen LogP contribution in [0.4, 0.5) is 4.79 Å². The minimum atomic E-state index is -0.716. The molecule has 0 bridgehead atoms. The summed E-state index contributed by atoms with van der Waals surface area (Å²) < 4.78 is 0. The van der Waals surface area contributed by atoms with Gasteiger partial charge in [0.25, 0.3) is 5.91 Å². The van der Waals surface area contributed by atoms with Gasteiger partial charge in [-0.1, -0.05) is 6.92 Å². The molecule has 5 nitrogen and oxygen atoms in total. The number of hydrogen-bond donors (Lipinski definition) is 1. The quantitative estimate of drug-likeness (QED) is 0.554. The SMILES string of the molecule is CC1CCC2(CC1)NC(=O)N(CC=O)C2=O. The fraction of sp³-hybridized carbons (Fsp3) is 0.727. The molecule has 1 aliphatic heterocycles. The van der Waals surface area contributed by atoms with Crippen LogP contribution in [0.2, 0.25) is 0 Å². The van der Waals surface area contributed by atoms with E-state index in [0.717, 1.165) is 17.7 Å². The van der Waals surface area contributed by atoms with Gasteiger partial charge in [-0.15, -0.1) is 0 Å². The van der Waals surface area contributed by atoms with E-state index < -0.39 is 11.6 Å². The second kappa shape index (κ2) is 3.88. The van der Waals surface area contributed by atoms with Gasteiger partial charge < -0.3 is 10.1 Å². The van der Waals surface area contributed by atoms with Crippen molar-refractivity contribution < 1.29 is 14.4 Å². The van der Waals surface area contributed by atoms with Crippen LogP contribution in [-0.2, 0) is 9.59 Å². The summed E-state index contributed by atoms with van der Waals surface area (Å²) >= 11 is 0. The fourth-order valence-electron chi connectivity index (χ4n) is 2.51. The Morgan fingerprint density at radius 1 is 1.44 bits per heavy atom. The van der Waals surface area contributed by atoms with Crippen molar-refractivity contribution in [2.45, 2.75) is 38.1 Å². The first-order valence-corrected chi connectivity index (χ1v) is 5.67. The Bertz CT molecular complexity index is 332. The Kier molecular flexibility index (Phi) is 2.69. The summed E-state index contributed by atoms with van der Waals surface area (Å²) in [5.41, 5.74) is -0.716. The number of aldehydes is 1. The van der Waals surface area contributed by atoms with Crippen LogP contribution >= 0.6 is 0 Å². The second-order valence-corrected chi connectivity index (χ2v) is 4.78. The monoisotopic (exact) mass is 224 g/mol. The van der Waals surface area contributed by atoms with Crippen LogP contribution in [0.15, 0.2) is 0 Å². The van der Waals surface area contributed by atoms with Crippen molar-refractivity contribution in [1.29, 1.82) is 0 Å². The van der Waals surface area contributed by atoms with E-state index in [0.29, 0.717) is 25.0 Å². The van der Waals surface area contributed by atoms with Gasteiger partial charge in [0.05, 0.1) is 6.54 Å². The summed E-state index contributed by atoms with van der Waals surface area (Å²) in [7, 11) is 0. The Balaban J connectivity index is 2.16. The fourth-order valence-corrected chi connectivity index (χ4v) is 2.51. The van der Waals surface area contributed by atoms with Crippen molar-refractivity contribution in [1.82, 2.24) is 10.2 Å². The predicted molar refractivity (Wildman–Crippen MR) is 56.7 cm³/mol. The molecule has 16 heavy (non-hydrogen) atoms. The standard InChI is InChI=1S/C11H16N2O3/c1-8-2-4-11(5-3-8)9(15)13(6-7-14)10(16)12-11/h7-8H,2-6H2,1H3,(H,12,16). The van der Waals surface area contributed by atoms with Crippen molar-refractivity contribution in [2.75, 3.05) is 6.54 Å². The molecule has 2 rings (SSSR count). The molecule has 88 valence electrons. The number of carbonyl (C=O) groups is 3. The third-order valence-corrected chi connectivity index (χ3v) is 3.63. The van der Waals surface area contributed by atoms with E-state index in [-0.39, 0.29) is 12.5 Å². The summed E-state index contributed by atoms with van der Waals surface area (Å²) in [5, 5.41) is 2.75. The van der Waals surface area contributed by atoms with Gasteiger partial charge >= 0.3 is 6.03 Å². The summed E-state index contributed by atoms with van der Waals surface area (Å²) in [6.07, 6.45) is 3.85. The average molecular weight is 224 g/mol. The summed E-state index contributed by atoms with van der Waals surface area (Å²) in [5.74, 6) is 0.381. The Morgan fingerprint density at radius 2 is 2.06 bits per heavy atom. The second-order valence-electron chi connectivity index (χ2n) is 4.78.